The molecule has 0 atom stereocenters. The Morgan fingerprint density at radius 3 is 1.00 bits per heavy atom. The molecule has 11 heavy (non-hydrogen) atoms. The van der Waals surface area contributed by atoms with Gasteiger partial charge in [0.1, 0.15) is 0 Å². The SMILES string of the molecule is CC.CCO.c1ccccc1. The van der Waals surface area contributed by atoms with E-state index in [2.05, 4.69) is 0 Å². The van der Waals surface area contributed by atoms with Crippen molar-refractivity contribution in [2.45, 2.75) is 20.8 Å². The van der Waals surface area contributed by atoms with Crippen LogP contribution in [0.4, 0.5) is 0 Å². The lowest BCUT2D eigenvalue weighted by molar-refractivity contribution is 0.318. The highest BCUT2D eigenvalue weighted by molar-refractivity contribution is 4.99. The minimum absolute atomic E-state index is 0.250. The molecule has 0 amide bonds. The molecule has 0 saturated carbocycles. The Hall–Kier alpha value is -0.820. The van der Waals surface area contributed by atoms with Gasteiger partial charge in [-0.3, -0.25) is 0 Å². The Balaban J connectivity index is 0. The van der Waals surface area contributed by atoms with E-state index in [9.17, 15) is 0 Å². The number of aliphatic hydroxyl groups excluding tert-OH is 1. The normalized spacial score (nSPS) is 6.55. The van der Waals surface area contributed by atoms with Crippen LogP contribution in [0.1, 0.15) is 20.8 Å². The van der Waals surface area contributed by atoms with E-state index in [-0.39, 0.29) is 6.61 Å². The van der Waals surface area contributed by atoms with E-state index in [0.717, 1.165) is 0 Å². The van der Waals surface area contributed by atoms with E-state index in [1.807, 2.05) is 50.2 Å². The summed E-state index contributed by atoms with van der Waals surface area (Å²) in [5.41, 5.74) is 0. The molecule has 1 heteroatoms. The fourth-order valence-electron chi connectivity index (χ4n) is 0.385. The third-order valence-electron chi connectivity index (χ3n) is 0.667. The highest BCUT2D eigenvalue weighted by atomic mass is 16.2. The Labute approximate surface area is 69.7 Å². The average Bonchev–Trinajstić information content (AvgIpc) is 2.12. The number of aliphatic hydroxyl groups is 1. The molecule has 0 unspecified atom stereocenters. The highest BCUT2D eigenvalue weighted by Gasteiger charge is 1.57. The molecule has 0 aliphatic rings. The summed E-state index contributed by atoms with van der Waals surface area (Å²) >= 11 is 0. The molecule has 64 valence electrons. The van der Waals surface area contributed by atoms with E-state index in [1.54, 1.807) is 6.92 Å². The van der Waals surface area contributed by atoms with Crippen molar-refractivity contribution in [1.29, 1.82) is 0 Å². The summed E-state index contributed by atoms with van der Waals surface area (Å²) in [6, 6.07) is 12.0. The van der Waals surface area contributed by atoms with E-state index in [0.29, 0.717) is 0 Å². The predicted octanol–water partition coefficient (Wildman–Crippen LogP) is 2.71. The molecule has 1 aromatic carbocycles. The predicted molar refractivity (Wildman–Crippen MR) is 50.5 cm³/mol. The highest BCUT2D eigenvalue weighted by Crippen LogP contribution is 1.79. The van der Waals surface area contributed by atoms with Gasteiger partial charge in [0.25, 0.3) is 0 Å². The number of hydrogen-bond donors (Lipinski definition) is 1. The second kappa shape index (κ2) is 16.1. The smallest absolute Gasteiger partial charge is 0.0402 e. The first-order valence-corrected chi connectivity index (χ1v) is 4.02. The zero-order valence-corrected chi connectivity index (χ0v) is 7.62. The molecule has 0 radical (unpaired) electrons. The summed E-state index contributed by atoms with van der Waals surface area (Å²) in [4.78, 5) is 0. The average molecular weight is 154 g/mol. The molecular formula is C10H18O. The van der Waals surface area contributed by atoms with Crippen LogP contribution in [0.3, 0.4) is 0 Å². The van der Waals surface area contributed by atoms with Gasteiger partial charge in [-0.25, -0.2) is 0 Å². The molecule has 1 N–H and O–H groups in total. The summed E-state index contributed by atoms with van der Waals surface area (Å²) in [5.74, 6) is 0. The van der Waals surface area contributed by atoms with E-state index in [1.165, 1.54) is 0 Å². The maximum absolute atomic E-state index is 7.57. The fraction of sp³-hybridized carbons (Fsp3) is 0.400. The molecule has 0 aromatic heterocycles. The van der Waals surface area contributed by atoms with Crippen molar-refractivity contribution in [3.05, 3.63) is 36.4 Å². The first-order valence-electron chi connectivity index (χ1n) is 4.02. The first-order chi connectivity index (χ1) is 5.41. The van der Waals surface area contributed by atoms with E-state index >= 15 is 0 Å². The molecule has 0 saturated heterocycles. The van der Waals surface area contributed by atoms with Gasteiger partial charge in [-0.1, -0.05) is 50.2 Å². The van der Waals surface area contributed by atoms with Crippen LogP contribution in [0, 0.1) is 0 Å². The van der Waals surface area contributed by atoms with Crippen molar-refractivity contribution in [3.8, 4) is 0 Å². The van der Waals surface area contributed by atoms with Crippen LogP contribution < -0.4 is 0 Å². The molecule has 1 nitrogen and oxygen atoms in total. The largest absolute Gasteiger partial charge is 0.397 e. The van der Waals surface area contributed by atoms with E-state index < -0.39 is 0 Å². The monoisotopic (exact) mass is 154 g/mol. The van der Waals surface area contributed by atoms with Crippen LogP contribution in [0.25, 0.3) is 0 Å². The van der Waals surface area contributed by atoms with Crippen LogP contribution in [0.2, 0.25) is 0 Å². The zero-order valence-electron chi connectivity index (χ0n) is 7.62. The minimum atomic E-state index is 0.250. The fourth-order valence-corrected chi connectivity index (χ4v) is 0.385. The molecule has 0 aliphatic carbocycles. The van der Waals surface area contributed by atoms with Crippen molar-refractivity contribution in [1.82, 2.24) is 0 Å². The number of benzene rings is 1. The Morgan fingerprint density at radius 1 is 0.818 bits per heavy atom. The summed E-state index contributed by atoms with van der Waals surface area (Å²) in [6.45, 7) is 5.93. The van der Waals surface area contributed by atoms with Gasteiger partial charge in [0.2, 0.25) is 0 Å². The molecule has 1 rings (SSSR count). The molecule has 0 fully saturated rings. The van der Waals surface area contributed by atoms with Crippen molar-refractivity contribution in [2.75, 3.05) is 6.61 Å². The zero-order chi connectivity index (χ0) is 8.95. The summed E-state index contributed by atoms with van der Waals surface area (Å²) in [6.07, 6.45) is 0. The van der Waals surface area contributed by atoms with Crippen LogP contribution in [-0.4, -0.2) is 11.7 Å². The van der Waals surface area contributed by atoms with Gasteiger partial charge in [-0.2, -0.15) is 0 Å². The molecule has 0 aliphatic heterocycles. The molecule has 1 aromatic rings. The maximum Gasteiger partial charge on any atom is 0.0402 e. The molecule has 0 heterocycles. The summed E-state index contributed by atoms with van der Waals surface area (Å²) in [7, 11) is 0. The Kier molecular flexibility index (Phi) is 18.7. The maximum atomic E-state index is 7.57. The molecule has 0 spiro atoms. The number of rotatable bonds is 0. The number of hydrogen-bond acceptors (Lipinski definition) is 1. The van der Waals surface area contributed by atoms with E-state index in [4.69, 9.17) is 5.11 Å². The third kappa shape index (κ3) is 17.6. The van der Waals surface area contributed by atoms with Gasteiger partial charge < -0.3 is 5.11 Å². The Morgan fingerprint density at radius 2 is 0.909 bits per heavy atom. The van der Waals surface area contributed by atoms with Crippen molar-refractivity contribution >= 4 is 0 Å². The van der Waals surface area contributed by atoms with Gasteiger partial charge in [0.05, 0.1) is 0 Å². The summed E-state index contributed by atoms with van der Waals surface area (Å²) in [5, 5.41) is 7.57. The quantitative estimate of drug-likeness (QED) is 0.609. The minimum Gasteiger partial charge on any atom is -0.397 e. The van der Waals surface area contributed by atoms with Crippen LogP contribution in [0.15, 0.2) is 36.4 Å². The van der Waals surface area contributed by atoms with Crippen molar-refractivity contribution < 1.29 is 5.11 Å². The van der Waals surface area contributed by atoms with Gasteiger partial charge in [0, 0.05) is 6.61 Å². The first kappa shape index (κ1) is 12.8. The van der Waals surface area contributed by atoms with Crippen LogP contribution in [0.5, 0.6) is 0 Å². The lowest BCUT2D eigenvalue weighted by atomic mass is 10.4. The standard InChI is InChI=1S/C6H6.C2H6O.C2H6/c1-2-4-6-5-3-1;1-2-3;1-2/h1-6H;3H,2H2,1H3;1-2H3. The lowest BCUT2D eigenvalue weighted by Crippen LogP contribution is -1.57. The third-order valence-corrected chi connectivity index (χ3v) is 0.667. The van der Waals surface area contributed by atoms with Gasteiger partial charge >= 0.3 is 0 Å². The van der Waals surface area contributed by atoms with Gasteiger partial charge in [0.15, 0.2) is 0 Å². The van der Waals surface area contributed by atoms with Gasteiger partial charge in [-0.05, 0) is 6.92 Å². The van der Waals surface area contributed by atoms with Crippen LogP contribution in [-0.2, 0) is 0 Å². The van der Waals surface area contributed by atoms with Crippen molar-refractivity contribution in [2.24, 2.45) is 0 Å². The topological polar surface area (TPSA) is 20.2 Å². The summed E-state index contributed by atoms with van der Waals surface area (Å²) < 4.78 is 0. The molecular weight excluding hydrogens is 136 g/mol. The van der Waals surface area contributed by atoms with Crippen LogP contribution >= 0.6 is 0 Å². The lowest BCUT2D eigenvalue weighted by Gasteiger charge is -1.69. The second-order valence-corrected chi connectivity index (χ2v) is 1.47. The molecule has 0 bridgehead atoms. The second-order valence-electron chi connectivity index (χ2n) is 1.47. The van der Waals surface area contributed by atoms with Gasteiger partial charge in [-0.15, -0.1) is 0 Å². The Bertz CT molecular complexity index is 87.7. The van der Waals surface area contributed by atoms with Crippen molar-refractivity contribution in [3.63, 3.8) is 0 Å².